The van der Waals surface area contributed by atoms with Crippen molar-refractivity contribution in [3.63, 3.8) is 0 Å². The summed E-state index contributed by atoms with van der Waals surface area (Å²) in [6.45, 7) is 6.30. The van der Waals surface area contributed by atoms with Gasteiger partial charge >= 0.3 is 0 Å². The second kappa shape index (κ2) is 4.10. The van der Waals surface area contributed by atoms with Crippen molar-refractivity contribution < 1.29 is 0 Å². The van der Waals surface area contributed by atoms with Gasteiger partial charge in [0, 0.05) is 16.4 Å². The molecule has 2 heterocycles. The Kier molecular flexibility index (Phi) is 2.98. The summed E-state index contributed by atoms with van der Waals surface area (Å²) in [6.07, 6.45) is 2.20. The molecule has 0 spiro atoms. The number of aromatic nitrogens is 2. The Bertz CT molecular complexity index is 522. The quantitative estimate of drug-likeness (QED) is 0.767. The van der Waals surface area contributed by atoms with Gasteiger partial charge < -0.3 is 0 Å². The van der Waals surface area contributed by atoms with Crippen molar-refractivity contribution in [2.75, 3.05) is 5.33 Å². The van der Waals surface area contributed by atoms with E-state index in [-0.39, 0.29) is 0 Å². The molecule has 0 bridgehead atoms. The molecular weight excluding hydrogens is 272 g/mol. The summed E-state index contributed by atoms with van der Waals surface area (Å²) in [5, 5.41) is 3.05. The fourth-order valence-electron chi connectivity index (χ4n) is 1.57. The van der Waals surface area contributed by atoms with Crippen molar-refractivity contribution in [3.05, 3.63) is 28.0 Å². The number of alkyl halides is 1. The Balaban J connectivity index is 2.67. The Morgan fingerprint density at radius 1 is 1.60 bits per heavy atom. The molecule has 2 aromatic rings. The van der Waals surface area contributed by atoms with Crippen molar-refractivity contribution in [3.8, 4) is 0 Å². The summed E-state index contributed by atoms with van der Waals surface area (Å²) in [5.74, 6) is 0. The smallest absolute Gasteiger partial charge is 0.194 e. The number of nitrogens with zero attached hydrogens (tertiary/aromatic N) is 2. The minimum Gasteiger partial charge on any atom is -0.288 e. The summed E-state index contributed by atoms with van der Waals surface area (Å²) in [7, 11) is 0. The monoisotopic (exact) mass is 284 g/mol. The number of hydrogen-bond acceptors (Lipinski definition) is 2. The number of hydrogen-bond donors (Lipinski definition) is 0. The molecule has 0 saturated heterocycles. The van der Waals surface area contributed by atoms with Gasteiger partial charge in [-0.25, -0.2) is 4.98 Å². The zero-order valence-electron chi connectivity index (χ0n) is 9.04. The second-order valence-electron chi connectivity index (χ2n) is 3.70. The van der Waals surface area contributed by atoms with Crippen LogP contribution in [0.4, 0.5) is 0 Å². The Morgan fingerprint density at radius 3 is 3.00 bits per heavy atom. The Labute approximate surface area is 102 Å². The van der Waals surface area contributed by atoms with E-state index in [0.29, 0.717) is 0 Å². The van der Waals surface area contributed by atoms with Crippen molar-refractivity contribution in [2.45, 2.75) is 20.8 Å². The fourth-order valence-corrected chi connectivity index (χ4v) is 2.65. The molecule has 0 aromatic carbocycles. The van der Waals surface area contributed by atoms with Gasteiger partial charge in [0.15, 0.2) is 4.96 Å². The zero-order chi connectivity index (χ0) is 11.0. The zero-order valence-corrected chi connectivity index (χ0v) is 11.4. The van der Waals surface area contributed by atoms with Gasteiger partial charge in [-0.3, -0.25) is 4.40 Å². The maximum absolute atomic E-state index is 4.54. The molecule has 0 saturated carbocycles. The van der Waals surface area contributed by atoms with Crippen molar-refractivity contribution in [2.24, 2.45) is 0 Å². The van der Waals surface area contributed by atoms with Crippen LogP contribution in [-0.2, 0) is 0 Å². The van der Waals surface area contributed by atoms with Crippen LogP contribution < -0.4 is 0 Å². The summed E-state index contributed by atoms with van der Waals surface area (Å²) < 4.78 is 2.21. The standard InChI is InChI=1S/C11H13BrN2S/c1-7(5-12)4-10-9(3)13-11-14(10)8(2)6-15-11/h4,6H,5H2,1-3H3. The molecule has 80 valence electrons. The van der Waals surface area contributed by atoms with E-state index in [0.717, 1.165) is 16.0 Å². The lowest BCUT2D eigenvalue weighted by atomic mass is 10.2. The first-order chi connectivity index (χ1) is 7.13. The summed E-state index contributed by atoms with van der Waals surface area (Å²) in [4.78, 5) is 5.62. The maximum atomic E-state index is 4.54. The van der Waals surface area contributed by atoms with Gasteiger partial charge in [-0.1, -0.05) is 21.5 Å². The molecule has 0 aliphatic rings. The highest BCUT2D eigenvalue weighted by Crippen LogP contribution is 2.22. The topological polar surface area (TPSA) is 17.3 Å². The number of imidazole rings is 1. The first kappa shape index (κ1) is 10.9. The van der Waals surface area contributed by atoms with Crippen LogP contribution in [0.5, 0.6) is 0 Å². The van der Waals surface area contributed by atoms with Crippen LogP contribution >= 0.6 is 27.3 Å². The lowest BCUT2D eigenvalue weighted by Gasteiger charge is -1.98. The number of allylic oxidation sites excluding steroid dienone is 1. The van der Waals surface area contributed by atoms with Gasteiger partial charge in [0.25, 0.3) is 0 Å². The van der Waals surface area contributed by atoms with Gasteiger partial charge in [0.2, 0.25) is 0 Å². The lowest BCUT2D eigenvalue weighted by molar-refractivity contribution is 1.10. The average Bonchev–Trinajstić information content (AvgIpc) is 2.69. The van der Waals surface area contributed by atoms with Crippen molar-refractivity contribution in [1.82, 2.24) is 9.38 Å². The highest BCUT2D eigenvalue weighted by Gasteiger charge is 2.09. The molecule has 2 aromatic heterocycles. The van der Waals surface area contributed by atoms with E-state index in [4.69, 9.17) is 0 Å². The minimum absolute atomic E-state index is 0.906. The fraction of sp³-hybridized carbons (Fsp3) is 0.364. The van der Waals surface area contributed by atoms with E-state index < -0.39 is 0 Å². The van der Waals surface area contributed by atoms with Gasteiger partial charge in [0.05, 0.1) is 11.4 Å². The van der Waals surface area contributed by atoms with Crippen LogP contribution in [0.2, 0.25) is 0 Å². The molecule has 0 N–H and O–H groups in total. The predicted octanol–water partition coefficient (Wildman–Crippen LogP) is 3.81. The van der Waals surface area contributed by atoms with Crippen molar-refractivity contribution >= 4 is 38.3 Å². The van der Waals surface area contributed by atoms with Crippen LogP contribution in [0.3, 0.4) is 0 Å². The summed E-state index contributed by atoms with van der Waals surface area (Å²) in [5.41, 5.74) is 4.88. The number of halogens is 1. The van der Waals surface area contributed by atoms with Crippen LogP contribution in [0.1, 0.15) is 24.0 Å². The Morgan fingerprint density at radius 2 is 2.33 bits per heavy atom. The first-order valence-electron chi connectivity index (χ1n) is 4.79. The number of thiazole rings is 1. The second-order valence-corrected chi connectivity index (χ2v) is 5.10. The highest BCUT2D eigenvalue weighted by molar-refractivity contribution is 9.09. The molecule has 2 rings (SSSR count). The van der Waals surface area contributed by atoms with Crippen LogP contribution in [0.15, 0.2) is 11.0 Å². The number of fused-ring (bicyclic) bond motifs is 1. The molecule has 0 aliphatic carbocycles. The van der Waals surface area contributed by atoms with Crippen molar-refractivity contribution in [1.29, 1.82) is 0 Å². The van der Waals surface area contributed by atoms with Crippen LogP contribution in [0, 0.1) is 13.8 Å². The molecular formula is C11H13BrN2S. The number of rotatable bonds is 2. The first-order valence-corrected chi connectivity index (χ1v) is 6.80. The van der Waals surface area contributed by atoms with E-state index in [9.17, 15) is 0 Å². The number of aryl methyl sites for hydroxylation is 2. The minimum atomic E-state index is 0.906. The van der Waals surface area contributed by atoms with Gasteiger partial charge in [0.1, 0.15) is 0 Å². The average molecular weight is 285 g/mol. The summed E-state index contributed by atoms with van der Waals surface area (Å²) >= 11 is 5.16. The molecule has 0 aliphatic heterocycles. The lowest BCUT2D eigenvalue weighted by Crippen LogP contribution is -1.89. The Hall–Kier alpha value is -0.610. The SMILES string of the molecule is CC(=Cc1c(C)nc2scc(C)n12)CBr. The van der Waals surface area contributed by atoms with Crippen LogP contribution in [0.25, 0.3) is 11.0 Å². The van der Waals surface area contributed by atoms with Gasteiger partial charge in [-0.15, -0.1) is 11.3 Å². The molecule has 0 atom stereocenters. The molecule has 4 heteroatoms. The normalized spacial score (nSPS) is 12.7. The van der Waals surface area contributed by atoms with Gasteiger partial charge in [-0.05, 0) is 26.8 Å². The van der Waals surface area contributed by atoms with Crippen LogP contribution in [-0.4, -0.2) is 14.7 Å². The molecule has 15 heavy (non-hydrogen) atoms. The summed E-state index contributed by atoms with van der Waals surface area (Å²) in [6, 6.07) is 0. The molecule has 2 nitrogen and oxygen atoms in total. The predicted molar refractivity (Wildman–Crippen MR) is 70.0 cm³/mol. The van der Waals surface area contributed by atoms with E-state index in [2.05, 4.69) is 57.5 Å². The molecule has 0 amide bonds. The third kappa shape index (κ3) is 1.88. The molecule has 0 radical (unpaired) electrons. The van der Waals surface area contributed by atoms with Gasteiger partial charge in [-0.2, -0.15) is 0 Å². The molecule has 0 unspecified atom stereocenters. The maximum Gasteiger partial charge on any atom is 0.194 e. The largest absolute Gasteiger partial charge is 0.288 e. The molecule has 0 fully saturated rings. The van der Waals surface area contributed by atoms with E-state index in [1.165, 1.54) is 17.0 Å². The van der Waals surface area contributed by atoms with E-state index >= 15 is 0 Å². The third-order valence-electron chi connectivity index (χ3n) is 2.35. The third-order valence-corrected chi connectivity index (χ3v) is 4.18. The van der Waals surface area contributed by atoms with E-state index in [1.807, 2.05) is 0 Å². The highest BCUT2D eigenvalue weighted by atomic mass is 79.9. The van der Waals surface area contributed by atoms with E-state index in [1.54, 1.807) is 11.3 Å².